The summed E-state index contributed by atoms with van der Waals surface area (Å²) in [5.74, 6) is -0.497. The van der Waals surface area contributed by atoms with Gasteiger partial charge in [0.1, 0.15) is 11.7 Å². The minimum absolute atomic E-state index is 0.237. The number of esters is 2. The smallest absolute Gasteiger partial charge is 0.338 e. The Morgan fingerprint density at radius 3 is 2.06 bits per heavy atom. The molecule has 4 heteroatoms. The van der Waals surface area contributed by atoms with E-state index < -0.39 is 5.60 Å². The van der Waals surface area contributed by atoms with Crippen molar-refractivity contribution in [2.75, 3.05) is 0 Å². The summed E-state index contributed by atoms with van der Waals surface area (Å²) in [5.41, 5.74) is 0.232. The van der Waals surface area contributed by atoms with Crippen molar-refractivity contribution in [1.82, 2.24) is 0 Å². The molecule has 2 aromatic carbocycles. The van der Waals surface area contributed by atoms with Gasteiger partial charge in [0.15, 0.2) is 0 Å². The molecule has 0 aliphatic carbocycles. The average Bonchev–Trinajstić information content (AvgIpc) is 2.79. The molecule has 0 aliphatic heterocycles. The first-order chi connectivity index (χ1) is 15.8. The van der Waals surface area contributed by atoms with E-state index in [9.17, 15) is 9.59 Å². The van der Waals surface area contributed by atoms with Crippen LogP contribution >= 0.6 is 0 Å². The lowest BCUT2D eigenvalue weighted by Crippen LogP contribution is -2.35. The minimum Gasteiger partial charge on any atom is -0.459 e. The molecule has 2 unspecified atom stereocenters. The average molecular weight is 451 g/mol. The molecule has 2 rings (SSSR count). The molecule has 0 fully saturated rings. The van der Waals surface area contributed by atoms with E-state index in [1.807, 2.05) is 50.2 Å². The van der Waals surface area contributed by atoms with Crippen LogP contribution in [0.3, 0.4) is 0 Å². The Morgan fingerprint density at radius 2 is 1.48 bits per heavy atom. The molecule has 33 heavy (non-hydrogen) atoms. The van der Waals surface area contributed by atoms with Crippen LogP contribution in [0.25, 0.3) is 0 Å². The van der Waals surface area contributed by atoms with Crippen molar-refractivity contribution in [3.8, 4) is 0 Å². The number of benzene rings is 2. The van der Waals surface area contributed by atoms with E-state index in [0.717, 1.165) is 6.42 Å². The topological polar surface area (TPSA) is 52.6 Å². The molecule has 0 radical (unpaired) electrons. The molecule has 4 nitrogen and oxygen atoms in total. The van der Waals surface area contributed by atoms with Gasteiger partial charge in [-0.05, 0) is 63.3 Å². The van der Waals surface area contributed by atoms with Gasteiger partial charge < -0.3 is 9.47 Å². The summed E-state index contributed by atoms with van der Waals surface area (Å²) in [6.07, 6.45) is 9.80. The van der Waals surface area contributed by atoms with Crippen LogP contribution in [0, 0.1) is 5.92 Å². The number of hydrogen-bond acceptors (Lipinski definition) is 4. The quantitative estimate of drug-likeness (QED) is 0.181. The first kappa shape index (κ1) is 26.4. The third kappa shape index (κ3) is 10.1. The molecule has 178 valence electrons. The highest BCUT2D eigenvalue weighted by Gasteiger charge is 2.30. The molecule has 2 atom stereocenters. The zero-order chi connectivity index (χ0) is 24.1. The standard InChI is InChI=1S/C29H38O4/c1-5-6-7-8-11-16-23(2)21-26(32-27(30)24-17-12-9-13-18-24)22-29(3,4)33-28(31)25-19-14-10-15-20-25/h9-20,23,26H,5-8,21-22H2,1-4H3. The van der Waals surface area contributed by atoms with Gasteiger partial charge in [0.2, 0.25) is 0 Å². The second-order valence-corrected chi connectivity index (χ2v) is 9.25. The van der Waals surface area contributed by atoms with Gasteiger partial charge in [-0.25, -0.2) is 9.59 Å². The Balaban J connectivity index is 2.06. The Bertz CT molecular complexity index is 871. The third-order valence-corrected chi connectivity index (χ3v) is 5.45. The predicted molar refractivity (Wildman–Crippen MR) is 133 cm³/mol. The third-order valence-electron chi connectivity index (χ3n) is 5.45. The highest BCUT2D eigenvalue weighted by molar-refractivity contribution is 5.90. The van der Waals surface area contributed by atoms with Crippen molar-refractivity contribution < 1.29 is 19.1 Å². The Labute approximate surface area is 199 Å². The van der Waals surface area contributed by atoms with Gasteiger partial charge in [-0.2, -0.15) is 0 Å². The number of allylic oxidation sites excluding steroid dienone is 2. The van der Waals surface area contributed by atoms with Crippen LogP contribution < -0.4 is 0 Å². The zero-order valence-corrected chi connectivity index (χ0v) is 20.5. The Hall–Kier alpha value is -2.88. The van der Waals surface area contributed by atoms with Gasteiger partial charge in [-0.1, -0.05) is 75.2 Å². The summed E-state index contributed by atoms with van der Waals surface area (Å²) in [7, 11) is 0. The summed E-state index contributed by atoms with van der Waals surface area (Å²) < 4.78 is 11.7. The first-order valence-electron chi connectivity index (χ1n) is 12.0. The van der Waals surface area contributed by atoms with E-state index in [4.69, 9.17) is 9.47 Å². The molecular weight excluding hydrogens is 412 g/mol. The maximum absolute atomic E-state index is 12.8. The molecule has 0 aromatic heterocycles. The van der Waals surface area contributed by atoms with Crippen molar-refractivity contribution in [2.45, 2.75) is 77.9 Å². The molecule has 0 amide bonds. The largest absolute Gasteiger partial charge is 0.459 e. The lowest BCUT2D eigenvalue weighted by Gasteiger charge is -2.30. The fourth-order valence-corrected chi connectivity index (χ4v) is 3.77. The van der Waals surface area contributed by atoms with Crippen LogP contribution in [0.5, 0.6) is 0 Å². The maximum atomic E-state index is 12.8. The predicted octanol–water partition coefficient (Wildman–Crippen LogP) is 7.40. The van der Waals surface area contributed by atoms with Crippen LogP contribution in [-0.4, -0.2) is 23.6 Å². The maximum Gasteiger partial charge on any atom is 0.338 e. The molecular formula is C29H38O4. The summed E-state index contributed by atoms with van der Waals surface area (Å²) in [4.78, 5) is 25.3. The fraction of sp³-hybridized carbons (Fsp3) is 0.448. The summed E-state index contributed by atoms with van der Waals surface area (Å²) >= 11 is 0. The summed E-state index contributed by atoms with van der Waals surface area (Å²) in [6.45, 7) is 8.05. The van der Waals surface area contributed by atoms with Crippen LogP contribution in [-0.2, 0) is 9.47 Å². The molecule has 0 N–H and O–H groups in total. The van der Waals surface area contributed by atoms with E-state index in [-0.39, 0.29) is 24.0 Å². The van der Waals surface area contributed by atoms with Crippen molar-refractivity contribution in [3.05, 3.63) is 83.9 Å². The molecule has 0 heterocycles. The molecule has 2 aromatic rings. The first-order valence-corrected chi connectivity index (χ1v) is 12.0. The molecule has 0 spiro atoms. The SMILES string of the molecule is CCCCCC=CC(C)CC(CC(C)(C)OC(=O)c1ccccc1)OC(=O)c1ccccc1. The minimum atomic E-state index is -0.793. The van der Waals surface area contributed by atoms with Gasteiger partial charge in [0.25, 0.3) is 0 Å². The number of rotatable bonds is 13. The van der Waals surface area contributed by atoms with Crippen LogP contribution in [0.1, 0.15) is 86.9 Å². The second kappa shape index (κ2) is 13.6. The molecule has 0 saturated carbocycles. The lowest BCUT2D eigenvalue weighted by atomic mass is 9.93. The van der Waals surface area contributed by atoms with E-state index >= 15 is 0 Å². The number of unbranched alkanes of at least 4 members (excludes halogenated alkanes) is 3. The fourth-order valence-electron chi connectivity index (χ4n) is 3.77. The Morgan fingerprint density at radius 1 is 0.909 bits per heavy atom. The van der Waals surface area contributed by atoms with Crippen LogP contribution in [0.4, 0.5) is 0 Å². The lowest BCUT2D eigenvalue weighted by molar-refractivity contribution is -0.0346. The highest BCUT2D eigenvalue weighted by atomic mass is 16.6. The number of carbonyl (C=O) groups excluding carboxylic acids is 2. The van der Waals surface area contributed by atoms with E-state index in [2.05, 4.69) is 26.0 Å². The van der Waals surface area contributed by atoms with Gasteiger partial charge in [-0.15, -0.1) is 0 Å². The van der Waals surface area contributed by atoms with Gasteiger partial charge in [0.05, 0.1) is 11.1 Å². The molecule has 0 saturated heterocycles. The Kier molecular flexibility index (Phi) is 10.9. The van der Waals surface area contributed by atoms with Crippen LogP contribution in [0.2, 0.25) is 0 Å². The van der Waals surface area contributed by atoms with E-state index in [1.54, 1.807) is 24.3 Å². The van der Waals surface area contributed by atoms with Gasteiger partial charge in [-0.3, -0.25) is 0 Å². The van der Waals surface area contributed by atoms with Crippen molar-refractivity contribution >= 4 is 11.9 Å². The van der Waals surface area contributed by atoms with Crippen molar-refractivity contribution in [2.24, 2.45) is 5.92 Å². The molecule has 0 bridgehead atoms. The summed E-state index contributed by atoms with van der Waals surface area (Å²) in [5, 5.41) is 0. The summed E-state index contributed by atoms with van der Waals surface area (Å²) in [6, 6.07) is 17.9. The highest BCUT2D eigenvalue weighted by Crippen LogP contribution is 2.26. The van der Waals surface area contributed by atoms with E-state index in [0.29, 0.717) is 24.0 Å². The number of hydrogen-bond donors (Lipinski definition) is 0. The van der Waals surface area contributed by atoms with Gasteiger partial charge >= 0.3 is 11.9 Å². The molecule has 0 aliphatic rings. The van der Waals surface area contributed by atoms with E-state index in [1.165, 1.54) is 19.3 Å². The number of ether oxygens (including phenoxy) is 2. The second-order valence-electron chi connectivity index (χ2n) is 9.25. The normalized spacial score (nSPS) is 13.5. The zero-order valence-electron chi connectivity index (χ0n) is 20.5. The van der Waals surface area contributed by atoms with Crippen molar-refractivity contribution in [1.29, 1.82) is 0 Å². The van der Waals surface area contributed by atoms with Crippen molar-refractivity contribution in [3.63, 3.8) is 0 Å². The van der Waals surface area contributed by atoms with Crippen LogP contribution in [0.15, 0.2) is 72.8 Å². The monoisotopic (exact) mass is 450 g/mol. The number of carbonyl (C=O) groups is 2. The van der Waals surface area contributed by atoms with Gasteiger partial charge in [0, 0.05) is 6.42 Å².